The molecule has 1 aliphatic rings. The second kappa shape index (κ2) is 8.12. The van der Waals surface area contributed by atoms with Crippen molar-refractivity contribution in [2.45, 2.75) is 0 Å². The van der Waals surface area contributed by atoms with Crippen LogP contribution in [0.25, 0.3) is 0 Å². The Hall–Kier alpha value is -2.35. The summed E-state index contributed by atoms with van der Waals surface area (Å²) >= 11 is 12.2. The minimum atomic E-state index is -0.624. The molecule has 1 saturated heterocycles. The fraction of sp³-hybridized carbons (Fsp3) is 0.278. The molecule has 3 rings (SSSR count). The Bertz CT molecular complexity index is 883. The van der Waals surface area contributed by atoms with E-state index in [-0.39, 0.29) is 16.3 Å². The number of hydrogen-bond donors (Lipinski definition) is 1. The van der Waals surface area contributed by atoms with E-state index in [9.17, 15) is 14.9 Å². The largest absolute Gasteiger partial charge is 0.368 e. The van der Waals surface area contributed by atoms with Gasteiger partial charge in [0.25, 0.3) is 11.6 Å². The third-order valence-electron chi connectivity index (χ3n) is 4.45. The minimum Gasteiger partial charge on any atom is -0.368 e. The van der Waals surface area contributed by atoms with Crippen molar-refractivity contribution in [3.8, 4) is 0 Å². The predicted octanol–water partition coefficient (Wildman–Crippen LogP) is 3.91. The summed E-state index contributed by atoms with van der Waals surface area (Å²) in [5.41, 5.74) is 1.27. The van der Waals surface area contributed by atoms with Crippen molar-refractivity contribution >= 4 is 46.2 Å². The lowest BCUT2D eigenvalue weighted by molar-refractivity contribution is -0.384. The molecular weight excluding hydrogens is 391 g/mol. The van der Waals surface area contributed by atoms with Crippen molar-refractivity contribution in [2.75, 3.05) is 43.4 Å². The Balaban J connectivity index is 1.74. The first-order chi connectivity index (χ1) is 12.8. The van der Waals surface area contributed by atoms with Crippen molar-refractivity contribution in [1.82, 2.24) is 4.90 Å². The van der Waals surface area contributed by atoms with Crippen molar-refractivity contribution in [2.24, 2.45) is 0 Å². The van der Waals surface area contributed by atoms with Crippen LogP contribution in [0.5, 0.6) is 0 Å². The maximum absolute atomic E-state index is 12.4. The number of carbonyl (C=O) groups excluding carboxylic acids is 1. The van der Waals surface area contributed by atoms with Crippen LogP contribution in [0.2, 0.25) is 10.0 Å². The number of nitrogens with one attached hydrogen (secondary N) is 1. The molecule has 0 aromatic heterocycles. The van der Waals surface area contributed by atoms with E-state index in [2.05, 4.69) is 22.2 Å². The van der Waals surface area contributed by atoms with Gasteiger partial charge in [-0.25, -0.2) is 0 Å². The summed E-state index contributed by atoms with van der Waals surface area (Å²) < 4.78 is 0. The summed E-state index contributed by atoms with van der Waals surface area (Å²) in [6, 6.07) is 9.23. The van der Waals surface area contributed by atoms with Crippen LogP contribution in [0, 0.1) is 10.1 Å². The summed E-state index contributed by atoms with van der Waals surface area (Å²) in [5.74, 6) is -0.474. The van der Waals surface area contributed by atoms with Gasteiger partial charge in [0.2, 0.25) is 0 Å². The lowest BCUT2D eigenvalue weighted by Gasteiger charge is -2.34. The van der Waals surface area contributed by atoms with Gasteiger partial charge in [-0.1, -0.05) is 23.2 Å². The maximum Gasteiger partial charge on any atom is 0.288 e. The normalized spacial score (nSPS) is 14.9. The molecule has 0 bridgehead atoms. The highest BCUT2D eigenvalue weighted by Gasteiger charge is 2.19. The molecule has 1 N–H and O–H groups in total. The first-order valence-electron chi connectivity index (χ1n) is 8.33. The van der Waals surface area contributed by atoms with E-state index in [4.69, 9.17) is 23.2 Å². The Kier molecular flexibility index (Phi) is 5.84. The topological polar surface area (TPSA) is 78.7 Å². The number of halogens is 2. The van der Waals surface area contributed by atoms with Crippen LogP contribution >= 0.6 is 23.2 Å². The molecule has 1 fully saturated rings. The van der Waals surface area contributed by atoms with Gasteiger partial charge in [-0.3, -0.25) is 14.9 Å². The molecule has 9 heteroatoms. The Morgan fingerprint density at radius 3 is 2.41 bits per heavy atom. The zero-order valence-electron chi connectivity index (χ0n) is 14.6. The van der Waals surface area contributed by atoms with Crippen molar-refractivity contribution in [3.63, 3.8) is 0 Å². The van der Waals surface area contributed by atoms with Gasteiger partial charge in [0.15, 0.2) is 0 Å². The van der Waals surface area contributed by atoms with Crippen LogP contribution in [0.3, 0.4) is 0 Å². The number of benzene rings is 2. The van der Waals surface area contributed by atoms with Crippen LogP contribution < -0.4 is 10.2 Å². The number of nitrogens with zero attached hydrogens (tertiary/aromatic N) is 3. The predicted molar refractivity (Wildman–Crippen MR) is 107 cm³/mol. The molecule has 7 nitrogen and oxygen atoms in total. The standard InChI is InChI=1S/C18H18Cl2N4O3/c1-22-6-8-23(9-7-22)16-5-3-13(11-15(16)20)21-18(25)12-2-4-14(19)17(10-12)24(26)27/h2-5,10-11H,6-9H2,1H3,(H,21,25). The molecule has 0 spiro atoms. The van der Waals surface area contributed by atoms with E-state index in [0.717, 1.165) is 37.9 Å². The number of nitro benzene ring substituents is 1. The van der Waals surface area contributed by atoms with E-state index in [1.807, 2.05) is 6.07 Å². The highest BCUT2D eigenvalue weighted by atomic mass is 35.5. The third kappa shape index (κ3) is 4.50. The lowest BCUT2D eigenvalue weighted by atomic mass is 10.1. The van der Waals surface area contributed by atoms with Gasteiger partial charge >= 0.3 is 0 Å². The molecule has 1 amide bonds. The summed E-state index contributed by atoms with van der Waals surface area (Å²) in [6.07, 6.45) is 0. The average molecular weight is 409 g/mol. The van der Waals surface area contributed by atoms with Crippen LogP contribution in [0.15, 0.2) is 36.4 Å². The van der Waals surface area contributed by atoms with Crippen LogP contribution in [0.4, 0.5) is 17.1 Å². The van der Waals surface area contributed by atoms with Gasteiger partial charge in [0.05, 0.1) is 15.6 Å². The van der Waals surface area contributed by atoms with Gasteiger partial charge in [0, 0.05) is 43.5 Å². The number of piperazine rings is 1. The van der Waals surface area contributed by atoms with Crippen molar-refractivity contribution in [3.05, 3.63) is 62.1 Å². The molecule has 1 aliphatic heterocycles. The number of hydrogen-bond acceptors (Lipinski definition) is 5. The summed E-state index contributed by atoms with van der Waals surface area (Å²) in [4.78, 5) is 27.2. The molecule has 0 atom stereocenters. The van der Waals surface area contributed by atoms with Gasteiger partial charge in [-0.15, -0.1) is 0 Å². The Morgan fingerprint density at radius 1 is 1.07 bits per heavy atom. The summed E-state index contributed by atoms with van der Waals surface area (Å²) in [6.45, 7) is 3.70. The van der Waals surface area contributed by atoms with Crippen LogP contribution in [-0.4, -0.2) is 49.0 Å². The Morgan fingerprint density at radius 2 is 1.78 bits per heavy atom. The van der Waals surface area contributed by atoms with Crippen LogP contribution in [0.1, 0.15) is 10.4 Å². The molecular formula is C18H18Cl2N4O3. The number of amides is 1. The van der Waals surface area contributed by atoms with E-state index < -0.39 is 10.8 Å². The van der Waals surface area contributed by atoms with Gasteiger partial charge in [0.1, 0.15) is 5.02 Å². The highest BCUT2D eigenvalue weighted by Crippen LogP contribution is 2.30. The molecule has 0 saturated carbocycles. The number of carbonyl (C=O) groups is 1. The molecule has 142 valence electrons. The SMILES string of the molecule is CN1CCN(c2ccc(NC(=O)c3ccc(Cl)c([N+](=O)[O-])c3)cc2Cl)CC1. The number of rotatable bonds is 4. The van der Waals surface area contributed by atoms with E-state index in [1.165, 1.54) is 12.1 Å². The van der Waals surface area contributed by atoms with E-state index in [0.29, 0.717) is 10.7 Å². The number of nitro groups is 1. The second-order valence-corrected chi connectivity index (χ2v) is 7.15. The highest BCUT2D eigenvalue weighted by molar-refractivity contribution is 6.34. The molecule has 0 aliphatic carbocycles. The van der Waals surface area contributed by atoms with Crippen molar-refractivity contribution < 1.29 is 9.72 Å². The number of anilines is 2. The monoisotopic (exact) mass is 408 g/mol. The number of likely N-dealkylation sites (N-methyl/N-ethyl adjacent to an activating group) is 1. The molecule has 2 aromatic carbocycles. The third-order valence-corrected chi connectivity index (χ3v) is 5.08. The van der Waals surface area contributed by atoms with Gasteiger partial charge in [-0.05, 0) is 37.4 Å². The smallest absolute Gasteiger partial charge is 0.288 e. The molecule has 2 aromatic rings. The van der Waals surface area contributed by atoms with Crippen LogP contribution in [-0.2, 0) is 0 Å². The zero-order valence-corrected chi connectivity index (χ0v) is 16.1. The fourth-order valence-corrected chi connectivity index (χ4v) is 3.37. The minimum absolute atomic E-state index is 0.0175. The summed E-state index contributed by atoms with van der Waals surface area (Å²) in [5, 5.41) is 14.2. The van der Waals surface area contributed by atoms with E-state index >= 15 is 0 Å². The zero-order chi connectivity index (χ0) is 19.6. The maximum atomic E-state index is 12.4. The lowest BCUT2D eigenvalue weighted by Crippen LogP contribution is -2.44. The Labute approximate surface area is 166 Å². The average Bonchev–Trinajstić information content (AvgIpc) is 2.63. The molecule has 0 radical (unpaired) electrons. The van der Waals surface area contributed by atoms with Gasteiger partial charge in [-0.2, -0.15) is 0 Å². The second-order valence-electron chi connectivity index (χ2n) is 6.33. The van der Waals surface area contributed by atoms with Gasteiger partial charge < -0.3 is 15.1 Å². The molecule has 1 heterocycles. The van der Waals surface area contributed by atoms with Crippen molar-refractivity contribution in [1.29, 1.82) is 0 Å². The first kappa shape index (κ1) is 19.4. The first-order valence-corrected chi connectivity index (χ1v) is 9.09. The molecule has 27 heavy (non-hydrogen) atoms. The molecule has 0 unspecified atom stereocenters. The summed E-state index contributed by atoms with van der Waals surface area (Å²) in [7, 11) is 2.08. The van der Waals surface area contributed by atoms with E-state index in [1.54, 1.807) is 12.1 Å². The fourth-order valence-electron chi connectivity index (χ4n) is 2.89. The quantitative estimate of drug-likeness (QED) is 0.612.